The minimum Gasteiger partial charge on any atom is -0.396 e. The molecule has 1 aromatic rings. The van der Waals surface area contributed by atoms with Crippen molar-refractivity contribution in [2.24, 2.45) is 5.73 Å². The highest BCUT2D eigenvalue weighted by molar-refractivity contribution is 5.81. The lowest BCUT2D eigenvalue weighted by molar-refractivity contribution is -0.721. The summed E-state index contributed by atoms with van der Waals surface area (Å²) in [7, 11) is 3.34. The number of benzene rings is 1. The smallest absolute Gasteiger partial charge is 0.396 e. The van der Waals surface area contributed by atoms with Crippen LogP contribution in [0.15, 0.2) is 18.2 Å². The molecule has 6 N–H and O–H groups in total. The van der Waals surface area contributed by atoms with E-state index in [1.165, 1.54) is 11.8 Å². The number of amides is 1. The maximum absolute atomic E-state index is 12.1. The number of nitrogens with two attached hydrogens (primary N) is 2. The zero-order valence-corrected chi connectivity index (χ0v) is 17.0. The summed E-state index contributed by atoms with van der Waals surface area (Å²) in [5, 5.41) is 4.91. The van der Waals surface area contributed by atoms with E-state index in [0.717, 1.165) is 12.0 Å². The summed E-state index contributed by atoms with van der Waals surface area (Å²) in [5.41, 5.74) is 14.2. The van der Waals surface area contributed by atoms with Gasteiger partial charge in [-0.1, -0.05) is 10.8 Å². The number of nitrogens with zero attached hydrogens (tertiary/aromatic N) is 2. The second kappa shape index (κ2) is 11.3. The number of nitrogen functional groups attached to an aromatic ring is 1. The Morgan fingerprint density at radius 3 is 2.34 bits per heavy atom. The largest absolute Gasteiger partial charge is 0.471 e. The molecular weight excluding hydrogens is 389 g/mol. The van der Waals surface area contributed by atoms with Gasteiger partial charge in [0.1, 0.15) is 7.11 Å². The number of anilines is 1. The van der Waals surface area contributed by atoms with Crippen LogP contribution in [0.3, 0.4) is 0 Å². The maximum Gasteiger partial charge on any atom is 0.471 e. The van der Waals surface area contributed by atoms with Gasteiger partial charge in [-0.3, -0.25) is 15.8 Å². The van der Waals surface area contributed by atoms with E-state index in [2.05, 4.69) is 5.32 Å². The molecule has 8 nitrogen and oxygen atoms in total. The lowest BCUT2D eigenvalue weighted by Crippen LogP contribution is -2.40. The van der Waals surface area contributed by atoms with E-state index in [9.17, 15) is 18.0 Å². The number of rotatable bonds is 10. The van der Waals surface area contributed by atoms with Crippen molar-refractivity contribution in [1.29, 1.82) is 0 Å². The van der Waals surface area contributed by atoms with Gasteiger partial charge >= 0.3 is 18.0 Å². The molecule has 0 bridgehead atoms. The quantitative estimate of drug-likeness (QED) is 0.113. The van der Waals surface area contributed by atoms with Crippen molar-refractivity contribution in [1.82, 2.24) is 15.5 Å². The Bertz CT molecular complexity index is 709. The van der Waals surface area contributed by atoms with Crippen molar-refractivity contribution >= 4 is 23.2 Å². The Morgan fingerprint density at radius 2 is 1.79 bits per heavy atom. The van der Waals surface area contributed by atoms with Crippen LogP contribution in [0.25, 0.3) is 0 Å². The van der Waals surface area contributed by atoms with Gasteiger partial charge in [0.15, 0.2) is 5.69 Å². The van der Waals surface area contributed by atoms with Crippen molar-refractivity contribution in [3.63, 3.8) is 0 Å². The fraction of sp³-hybridized carbons (Fsp3) is 0.556. The van der Waals surface area contributed by atoms with E-state index in [4.69, 9.17) is 16.3 Å². The third kappa shape index (κ3) is 8.46. The summed E-state index contributed by atoms with van der Waals surface area (Å²) in [5.74, 6) is -1.62. The third-order valence-electron chi connectivity index (χ3n) is 4.09. The molecule has 1 aromatic carbocycles. The Balaban J connectivity index is 2.38. The molecule has 0 aliphatic carbocycles. The average molecular weight is 419 g/mol. The second-order valence-electron chi connectivity index (χ2n) is 6.62. The van der Waals surface area contributed by atoms with Crippen LogP contribution in [-0.4, -0.2) is 68.0 Å². The van der Waals surface area contributed by atoms with Gasteiger partial charge in [0.2, 0.25) is 0 Å². The molecule has 0 fully saturated rings. The van der Waals surface area contributed by atoms with Crippen LogP contribution in [0.5, 0.6) is 0 Å². The predicted molar refractivity (Wildman–Crippen MR) is 106 cm³/mol. The summed E-state index contributed by atoms with van der Waals surface area (Å²) in [6.45, 7) is 3.73. The van der Waals surface area contributed by atoms with Crippen molar-refractivity contribution in [2.45, 2.75) is 25.9 Å². The third-order valence-corrected chi connectivity index (χ3v) is 4.09. The lowest BCUT2D eigenvalue weighted by atomic mass is 10.2. The number of nitrogens with one attached hydrogen (secondary N) is 2. The molecule has 0 aliphatic rings. The summed E-state index contributed by atoms with van der Waals surface area (Å²) in [4.78, 5) is 18.0. The summed E-state index contributed by atoms with van der Waals surface area (Å²) in [6, 6.07) is 5.52. The number of hydrogen-bond donors (Lipinski definition) is 4. The van der Waals surface area contributed by atoms with Crippen molar-refractivity contribution in [2.75, 3.05) is 46.1 Å². The fourth-order valence-corrected chi connectivity index (χ4v) is 2.56. The summed E-state index contributed by atoms with van der Waals surface area (Å²) >= 11 is 0. The lowest BCUT2D eigenvalue weighted by Gasteiger charge is -2.16. The molecule has 11 heteroatoms. The molecule has 0 radical (unpaired) electrons. The highest BCUT2D eigenvalue weighted by atomic mass is 19.4. The van der Waals surface area contributed by atoms with Crippen molar-refractivity contribution in [3.05, 3.63) is 23.8 Å². The van der Waals surface area contributed by atoms with Crippen LogP contribution in [0.4, 0.5) is 24.5 Å². The van der Waals surface area contributed by atoms with Crippen LogP contribution in [0, 0.1) is 6.92 Å². The number of hydrogen-bond acceptors (Lipinski definition) is 4. The van der Waals surface area contributed by atoms with Gasteiger partial charge in [0.05, 0.1) is 12.2 Å². The van der Waals surface area contributed by atoms with E-state index in [-0.39, 0.29) is 6.54 Å². The molecule has 0 heterocycles. The molecule has 0 atom stereocenters. The van der Waals surface area contributed by atoms with Crippen LogP contribution in [-0.2, 0) is 9.63 Å². The van der Waals surface area contributed by atoms with Gasteiger partial charge in [-0.25, -0.2) is 0 Å². The number of alkyl halides is 3. The first-order valence-electron chi connectivity index (χ1n) is 9.16. The number of carbonyl (C=O) groups is 1. The fourth-order valence-electron chi connectivity index (χ4n) is 2.56. The van der Waals surface area contributed by atoms with E-state index < -0.39 is 12.1 Å². The van der Waals surface area contributed by atoms with E-state index in [1.807, 2.05) is 36.3 Å². The van der Waals surface area contributed by atoms with Gasteiger partial charge in [0, 0.05) is 13.1 Å². The average Bonchev–Trinajstić information content (AvgIpc) is 2.64. The first-order chi connectivity index (χ1) is 13.6. The highest BCUT2D eigenvalue weighted by Gasteiger charge is 2.38. The van der Waals surface area contributed by atoms with E-state index in [0.29, 0.717) is 43.4 Å². The number of guanidine groups is 1. The molecule has 0 saturated heterocycles. The zero-order chi connectivity index (χ0) is 22.0. The molecule has 1 amide bonds. The summed E-state index contributed by atoms with van der Waals surface area (Å²) < 4.78 is 37.6. The van der Waals surface area contributed by atoms with Gasteiger partial charge in [-0.2, -0.15) is 13.2 Å². The van der Waals surface area contributed by atoms with Crippen LogP contribution >= 0.6 is 0 Å². The molecule has 0 aromatic heterocycles. The SMILES string of the molecule is CO/[N+](=C(/N)NCCCN(C)CCCNC(=O)C(F)(F)F)c1cc(C)ccc1N. The van der Waals surface area contributed by atoms with Crippen molar-refractivity contribution < 1.29 is 27.5 Å². The van der Waals surface area contributed by atoms with E-state index in [1.54, 1.807) is 6.07 Å². The van der Waals surface area contributed by atoms with Gasteiger partial charge in [-0.05, 0) is 51.1 Å². The Labute approximate surface area is 168 Å². The topological polar surface area (TPSA) is 109 Å². The predicted octanol–water partition coefficient (Wildman–Crippen LogP) is 1.08. The van der Waals surface area contributed by atoms with Gasteiger partial charge in [0.25, 0.3) is 0 Å². The van der Waals surface area contributed by atoms with E-state index >= 15 is 0 Å². The normalized spacial score (nSPS) is 12.5. The molecule has 0 unspecified atom stereocenters. The number of aryl methyl sites for hydroxylation is 1. The summed E-state index contributed by atoms with van der Waals surface area (Å²) in [6.07, 6.45) is -3.68. The molecule has 164 valence electrons. The van der Waals surface area contributed by atoms with Gasteiger partial charge in [-0.15, -0.1) is 0 Å². The molecule has 29 heavy (non-hydrogen) atoms. The van der Waals surface area contributed by atoms with Crippen molar-refractivity contribution in [3.8, 4) is 0 Å². The van der Waals surface area contributed by atoms with Crippen LogP contribution in [0.2, 0.25) is 0 Å². The number of carbonyl (C=O) groups excluding carboxylic acids is 1. The minimum absolute atomic E-state index is 0.0254. The minimum atomic E-state index is -4.84. The van der Waals surface area contributed by atoms with Gasteiger partial charge < -0.3 is 20.8 Å². The maximum atomic E-state index is 12.1. The highest BCUT2D eigenvalue weighted by Crippen LogP contribution is 2.22. The standard InChI is InChI=1S/C18H29F3N6O2/c1-13-6-7-14(22)15(12-13)27(29-3)17(23)25-9-5-11-26(2)10-4-8-24-16(28)18(19,20)21/h6-7,12H,4-5,8-11,22H2,1-3H3,(H3,23,24,25,28)/p+1. The monoisotopic (exact) mass is 419 g/mol. The molecular formula is C18H30F3N6O2+. The van der Waals surface area contributed by atoms with Crippen LogP contribution in [0.1, 0.15) is 18.4 Å². The zero-order valence-electron chi connectivity index (χ0n) is 17.0. The Kier molecular flexibility index (Phi) is 9.53. The first kappa shape index (κ1) is 24.3. The Hall–Kier alpha value is -2.69. The van der Waals surface area contributed by atoms with Crippen LogP contribution < -0.4 is 22.1 Å². The Morgan fingerprint density at radius 1 is 1.21 bits per heavy atom. The number of halogens is 3. The molecule has 0 spiro atoms. The molecule has 1 rings (SSSR count). The molecule has 0 aliphatic heterocycles. The second-order valence-corrected chi connectivity index (χ2v) is 6.62. The molecule has 0 saturated carbocycles. The first-order valence-corrected chi connectivity index (χ1v) is 9.16.